The van der Waals surface area contributed by atoms with Gasteiger partial charge in [-0.15, -0.1) is 0 Å². The summed E-state index contributed by atoms with van der Waals surface area (Å²) in [7, 11) is 0. The van der Waals surface area contributed by atoms with E-state index in [1.165, 1.54) is 25.1 Å². The van der Waals surface area contributed by atoms with E-state index in [2.05, 4.69) is 11.3 Å². The largest absolute Gasteiger partial charge is 0.477 e. The molecule has 0 saturated carbocycles. The standard InChI is InChI=1S/C19H13ClF3NO4/c1-3-26-18(25)11(2)27-17-9-14(6-4-12(17)10-24)28-16-7-5-13(8-15(16)20)19(21,22)23/h3-9,11H,1H2,2H3. The molecule has 0 bridgehead atoms. The third-order valence-corrected chi connectivity index (χ3v) is 3.69. The van der Waals surface area contributed by atoms with Gasteiger partial charge in [0.1, 0.15) is 23.3 Å². The van der Waals surface area contributed by atoms with Crippen LogP contribution in [0.4, 0.5) is 13.2 Å². The van der Waals surface area contributed by atoms with E-state index < -0.39 is 23.8 Å². The Kier molecular flexibility index (Phi) is 6.54. The quantitative estimate of drug-likeness (QED) is 0.465. The first-order valence-electron chi connectivity index (χ1n) is 7.72. The number of benzene rings is 2. The summed E-state index contributed by atoms with van der Waals surface area (Å²) in [4.78, 5) is 11.6. The number of esters is 1. The van der Waals surface area contributed by atoms with Crippen LogP contribution in [0.3, 0.4) is 0 Å². The average Bonchev–Trinajstić information content (AvgIpc) is 2.63. The summed E-state index contributed by atoms with van der Waals surface area (Å²) >= 11 is 5.87. The predicted molar refractivity (Wildman–Crippen MR) is 94.1 cm³/mol. The summed E-state index contributed by atoms with van der Waals surface area (Å²) in [5.74, 6) is -0.586. The molecule has 9 heteroatoms. The molecule has 0 N–H and O–H groups in total. The monoisotopic (exact) mass is 411 g/mol. The van der Waals surface area contributed by atoms with Crippen molar-refractivity contribution in [2.24, 2.45) is 0 Å². The Morgan fingerprint density at radius 2 is 1.96 bits per heavy atom. The molecule has 28 heavy (non-hydrogen) atoms. The molecular formula is C19H13ClF3NO4. The molecule has 5 nitrogen and oxygen atoms in total. The third kappa shape index (κ3) is 5.18. The van der Waals surface area contributed by atoms with Gasteiger partial charge in [-0.05, 0) is 37.3 Å². The van der Waals surface area contributed by atoms with Gasteiger partial charge in [-0.25, -0.2) is 4.79 Å². The Hall–Kier alpha value is -3.18. The Labute approximate surface area is 163 Å². The van der Waals surface area contributed by atoms with Crippen molar-refractivity contribution in [2.45, 2.75) is 19.2 Å². The molecule has 2 rings (SSSR count). The topological polar surface area (TPSA) is 68.6 Å². The molecule has 2 aromatic carbocycles. The summed E-state index contributed by atoms with van der Waals surface area (Å²) in [5.41, 5.74) is -0.799. The van der Waals surface area contributed by atoms with Crippen molar-refractivity contribution < 1.29 is 32.2 Å². The fourth-order valence-corrected chi connectivity index (χ4v) is 2.28. The van der Waals surface area contributed by atoms with E-state index in [0.29, 0.717) is 0 Å². The second-order valence-corrected chi connectivity index (χ2v) is 5.79. The van der Waals surface area contributed by atoms with Crippen LogP contribution in [-0.4, -0.2) is 12.1 Å². The second-order valence-electron chi connectivity index (χ2n) is 5.38. The molecule has 0 aliphatic rings. The average molecular weight is 412 g/mol. The van der Waals surface area contributed by atoms with Crippen molar-refractivity contribution in [3.8, 4) is 23.3 Å². The van der Waals surface area contributed by atoms with Crippen LogP contribution in [0.2, 0.25) is 5.02 Å². The molecule has 0 amide bonds. The van der Waals surface area contributed by atoms with Crippen molar-refractivity contribution in [1.29, 1.82) is 5.26 Å². The molecule has 1 atom stereocenters. The molecule has 146 valence electrons. The summed E-state index contributed by atoms with van der Waals surface area (Å²) in [5, 5.41) is 8.93. The van der Waals surface area contributed by atoms with Crippen LogP contribution in [0.1, 0.15) is 18.1 Å². The maximum atomic E-state index is 12.7. The maximum Gasteiger partial charge on any atom is 0.416 e. The highest BCUT2D eigenvalue weighted by Crippen LogP contribution is 2.37. The summed E-state index contributed by atoms with van der Waals surface area (Å²) in [6.45, 7) is 4.67. The normalized spacial score (nSPS) is 11.9. The smallest absolute Gasteiger partial charge is 0.416 e. The zero-order valence-corrected chi connectivity index (χ0v) is 15.2. The number of alkyl halides is 3. The van der Waals surface area contributed by atoms with Crippen LogP contribution in [0.5, 0.6) is 17.2 Å². The van der Waals surface area contributed by atoms with Gasteiger partial charge in [0.25, 0.3) is 0 Å². The van der Waals surface area contributed by atoms with Gasteiger partial charge < -0.3 is 14.2 Å². The van der Waals surface area contributed by atoms with Gasteiger partial charge in [-0.3, -0.25) is 0 Å². The first-order chi connectivity index (χ1) is 13.2. The van der Waals surface area contributed by atoms with Gasteiger partial charge in [-0.2, -0.15) is 18.4 Å². The predicted octanol–water partition coefficient (Wildman–Crippen LogP) is 5.48. The van der Waals surface area contributed by atoms with Crippen LogP contribution in [-0.2, 0) is 15.7 Å². The second kappa shape index (κ2) is 8.67. The van der Waals surface area contributed by atoms with Gasteiger partial charge in [0.05, 0.1) is 22.4 Å². The van der Waals surface area contributed by atoms with E-state index >= 15 is 0 Å². The summed E-state index contributed by atoms with van der Waals surface area (Å²) in [6, 6.07) is 8.63. The van der Waals surface area contributed by atoms with Crippen molar-refractivity contribution >= 4 is 17.6 Å². The van der Waals surface area contributed by atoms with Crippen LogP contribution in [0.25, 0.3) is 0 Å². The number of halogens is 4. The molecule has 0 radical (unpaired) electrons. The number of rotatable bonds is 6. The van der Waals surface area contributed by atoms with Crippen molar-refractivity contribution in [3.63, 3.8) is 0 Å². The van der Waals surface area contributed by atoms with Crippen LogP contribution >= 0.6 is 11.6 Å². The highest BCUT2D eigenvalue weighted by molar-refractivity contribution is 6.32. The zero-order chi connectivity index (χ0) is 20.9. The molecule has 0 fully saturated rings. The summed E-state index contributed by atoms with van der Waals surface area (Å²) in [6.07, 6.45) is -4.64. The molecule has 0 aliphatic carbocycles. The van der Waals surface area contributed by atoms with Crippen LogP contribution < -0.4 is 9.47 Å². The Balaban J connectivity index is 2.27. The van der Waals surface area contributed by atoms with E-state index in [9.17, 15) is 23.2 Å². The number of ether oxygens (including phenoxy) is 3. The molecule has 1 unspecified atom stereocenters. The van der Waals surface area contributed by atoms with Gasteiger partial charge in [0.15, 0.2) is 6.10 Å². The van der Waals surface area contributed by atoms with E-state index in [1.54, 1.807) is 0 Å². The lowest BCUT2D eigenvalue weighted by molar-refractivity contribution is -0.145. The lowest BCUT2D eigenvalue weighted by atomic mass is 10.2. The highest BCUT2D eigenvalue weighted by Gasteiger charge is 2.31. The molecule has 0 spiro atoms. The lowest BCUT2D eigenvalue weighted by Gasteiger charge is -2.15. The van der Waals surface area contributed by atoms with E-state index in [-0.39, 0.29) is 27.8 Å². The number of hydrogen-bond donors (Lipinski definition) is 0. The van der Waals surface area contributed by atoms with Crippen molar-refractivity contribution in [1.82, 2.24) is 0 Å². The molecule has 0 aliphatic heterocycles. The van der Waals surface area contributed by atoms with Crippen LogP contribution in [0.15, 0.2) is 49.2 Å². The molecular weight excluding hydrogens is 399 g/mol. The lowest BCUT2D eigenvalue weighted by Crippen LogP contribution is -2.24. The highest BCUT2D eigenvalue weighted by atomic mass is 35.5. The molecule has 2 aromatic rings. The fraction of sp³-hybridized carbons (Fsp3) is 0.158. The van der Waals surface area contributed by atoms with Gasteiger partial charge in [0, 0.05) is 6.07 Å². The van der Waals surface area contributed by atoms with Crippen molar-refractivity contribution in [3.05, 3.63) is 65.4 Å². The van der Waals surface area contributed by atoms with Gasteiger partial charge >= 0.3 is 12.1 Å². The van der Waals surface area contributed by atoms with Gasteiger partial charge in [0.2, 0.25) is 0 Å². The number of hydrogen-bond acceptors (Lipinski definition) is 5. The number of carbonyl (C=O) groups is 1. The number of carbonyl (C=O) groups excluding carboxylic acids is 1. The van der Waals surface area contributed by atoms with Crippen molar-refractivity contribution in [2.75, 3.05) is 0 Å². The fourth-order valence-electron chi connectivity index (χ4n) is 2.06. The van der Waals surface area contributed by atoms with E-state index in [1.807, 2.05) is 6.07 Å². The molecule has 0 aromatic heterocycles. The van der Waals surface area contributed by atoms with Gasteiger partial charge in [-0.1, -0.05) is 18.2 Å². The Bertz CT molecular complexity index is 938. The first-order valence-corrected chi connectivity index (χ1v) is 8.10. The number of nitrogens with zero attached hydrogens (tertiary/aromatic N) is 1. The maximum absolute atomic E-state index is 12.7. The Morgan fingerprint density at radius 3 is 2.54 bits per heavy atom. The molecule has 0 heterocycles. The minimum atomic E-state index is -4.53. The minimum Gasteiger partial charge on any atom is -0.477 e. The van der Waals surface area contributed by atoms with Crippen LogP contribution in [0, 0.1) is 11.3 Å². The van der Waals surface area contributed by atoms with E-state index in [0.717, 1.165) is 24.5 Å². The third-order valence-electron chi connectivity index (χ3n) is 3.40. The van der Waals surface area contributed by atoms with E-state index in [4.69, 9.17) is 21.1 Å². The minimum absolute atomic E-state index is 0.0237. The number of nitriles is 1. The zero-order valence-electron chi connectivity index (χ0n) is 14.4. The SMILES string of the molecule is C=COC(=O)C(C)Oc1cc(Oc2ccc(C(F)(F)F)cc2Cl)ccc1C#N. The first kappa shape index (κ1) is 21.1. The Morgan fingerprint density at radius 1 is 1.25 bits per heavy atom. The molecule has 0 saturated heterocycles. The summed E-state index contributed by atoms with van der Waals surface area (Å²) < 4.78 is 53.6.